The van der Waals surface area contributed by atoms with Crippen molar-refractivity contribution in [3.63, 3.8) is 0 Å². The molecule has 2 aromatic rings. The van der Waals surface area contributed by atoms with Gasteiger partial charge in [0, 0.05) is 30.6 Å². The highest BCUT2D eigenvalue weighted by Crippen LogP contribution is 2.22. The Kier molecular flexibility index (Phi) is 6.69. The molecule has 1 aromatic carbocycles. The van der Waals surface area contributed by atoms with Crippen LogP contribution in [0, 0.1) is 6.92 Å². The van der Waals surface area contributed by atoms with Crippen LogP contribution in [0.15, 0.2) is 47.4 Å². The van der Waals surface area contributed by atoms with Gasteiger partial charge in [-0.3, -0.25) is 9.79 Å². The summed E-state index contributed by atoms with van der Waals surface area (Å²) in [5.74, 6) is -0.267. The number of nitrogens with one attached hydrogen (secondary N) is 1. The number of aromatic nitrogens is 2. The molecule has 0 saturated carbocycles. The topological polar surface area (TPSA) is 93.3 Å². The molecule has 0 aliphatic rings. The maximum Gasteiger partial charge on any atom is 0.254 e. The van der Waals surface area contributed by atoms with Crippen LogP contribution in [-0.4, -0.2) is 27.6 Å². The van der Waals surface area contributed by atoms with E-state index < -0.39 is 0 Å². The normalized spacial score (nSPS) is 12.4. The number of hydrogen-bond acceptors (Lipinski definition) is 5. The molecule has 1 heterocycles. The van der Waals surface area contributed by atoms with Crippen molar-refractivity contribution in [1.29, 1.82) is 0 Å². The van der Waals surface area contributed by atoms with E-state index in [-0.39, 0.29) is 11.4 Å². The lowest BCUT2D eigenvalue weighted by atomic mass is 10.0. The molecule has 0 aliphatic carbocycles. The van der Waals surface area contributed by atoms with E-state index in [0.717, 1.165) is 22.4 Å². The van der Waals surface area contributed by atoms with Crippen molar-refractivity contribution >= 4 is 23.7 Å². The van der Waals surface area contributed by atoms with Gasteiger partial charge in [0.1, 0.15) is 11.5 Å². The molecule has 142 valence electrons. The van der Waals surface area contributed by atoms with E-state index in [9.17, 15) is 4.79 Å². The second kappa shape index (κ2) is 8.77. The lowest BCUT2D eigenvalue weighted by molar-refractivity contribution is -0.117. The van der Waals surface area contributed by atoms with Gasteiger partial charge in [0.2, 0.25) is 0 Å². The second-order valence-electron chi connectivity index (χ2n) is 7.10. The van der Waals surface area contributed by atoms with Gasteiger partial charge in [-0.25, -0.2) is 9.97 Å². The molecule has 27 heavy (non-hydrogen) atoms. The van der Waals surface area contributed by atoms with E-state index >= 15 is 0 Å². The number of carbonyl (C=O) groups excluding carboxylic acids is 1. The second-order valence-corrected chi connectivity index (χ2v) is 7.49. The summed E-state index contributed by atoms with van der Waals surface area (Å²) >= 11 is 5.92. The van der Waals surface area contributed by atoms with Crippen LogP contribution in [0.3, 0.4) is 0 Å². The minimum absolute atomic E-state index is 0.267. The summed E-state index contributed by atoms with van der Waals surface area (Å²) in [5.41, 5.74) is 9.33. The van der Waals surface area contributed by atoms with Gasteiger partial charge in [0.15, 0.2) is 0 Å². The van der Waals surface area contributed by atoms with E-state index in [1.807, 2.05) is 45.9 Å². The Morgan fingerprint density at radius 2 is 2.04 bits per heavy atom. The molecule has 0 aliphatic heterocycles. The first-order valence-electron chi connectivity index (χ1n) is 8.52. The van der Waals surface area contributed by atoms with E-state index in [1.165, 1.54) is 18.7 Å². The summed E-state index contributed by atoms with van der Waals surface area (Å²) in [7, 11) is 0. The summed E-state index contributed by atoms with van der Waals surface area (Å²) in [6, 6.07) is 7.61. The Hall–Kier alpha value is -2.73. The van der Waals surface area contributed by atoms with Gasteiger partial charge >= 0.3 is 0 Å². The van der Waals surface area contributed by atoms with Gasteiger partial charge in [0.05, 0.1) is 16.8 Å². The first kappa shape index (κ1) is 20.6. The van der Waals surface area contributed by atoms with Crippen molar-refractivity contribution in [2.24, 2.45) is 10.7 Å². The van der Waals surface area contributed by atoms with Gasteiger partial charge in [-0.15, -0.1) is 0 Å². The predicted molar refractivity (Wildman–Crippen MR) is 110 cm³/mol. The number of hydrogen-bond donors (Lipinski definition) is 2. The Morgan fingerprint density at radius 1 is 1.30 bits per heavy atom. The summed E-state index contributed by atoms with van der Waals surface area (Å²) in [6.45, 7) is 8.21. The zero-order valence-electron chi connectivity index (χ0n) is 16.0. The zero-order valence-corrected chi connectivity index (χ0v) is 16.7. The number of nitrogens with zero attached hydrogens (tertiary/aromatic N) is 3. The van der Waals surface area contributed by atoms with Gasteiger partial charge in [-0.1, -0.05) is 23.7 Å². The van der Waals surface area contributed by atoms with Crippen LogP contribution in [0.1, 0.15) is 31.9 Å². The third kappa shape index (κ3) is 6.18. The van der Waals surface area contributed by atoms with Crippen LogP contribution in [0.25, 0.3) is 11.3 Å². The molecule has 0 atom stereocenters. The number of carbonyl (C=O) groups is 1. The number of halogens is 1. The van der Waals surface area contributed by atoms with Crippen molar-refractivity contribution < 1.29 is 4.79 Å². The van der Waals surface area contributed by atoms with E-state index in [1.54, 1.807) is 6.07 Å². The smallest absolute Gasteiger partial charge is 0.254 e. The monoisotopic (exact) mass is 385 g/mol. The molecule has 3 N–H and O–H groups in total. The average molecular weight is 386 g/mol. The van der Waals surface area contributed by atoms with Gasteiger partial charge in [0.25, 0.3) is 5.91 Å². The molecule has 7 heteroatoms. The SMILES string of the molecule is Cc1cc(-c2cc(Cl)ncn2)ccc1CNC(=O)C(C=NC(C)(C)C)=CN. The molecule has 0 radical (unpaired) electrons. The molecule has 1 amide bonds. The Labute approximate surface area is 164 Å². The summed E-state index contributed by atoms with van der Waals surface area (Å²) in [6.07, 6.45) is 4.20. The molecular weight excluding hydrogens is 362 g/mol. The molecule has 1 aromatic heterocycles. The zero-order chi connectivity index (χ0) is 20.0. The summed E-state index contributed by atoms with van der Waals surface area (Å²) in [4.78, 5) is 24.8. The Bertz CT molecular complexity index is 884. The molecule has 6 nitrogen and oxygen atoms in total. The molecule has 0 spiro atoms. The third-order valence-corrected chi connectivity index (χ3v) is 3.95. The fraction of sp³-hybridized carbons (Fsp3) is 0.300. The average Bonchev–Trinajstić information content (AvgIpc) is 2.60. The quantitative estimate of drug-likeness (QED) is 0.468. The van der Waals surface area contributed by atoms with Crippen LogP contribution in [0.4, 0.5) is 0 Å². The standard InChI is InChI=1S/C20H24ClN5O/c1-13-7-14(17-8-18(21)25-12-24-17)5-6-15(13)10-23-19(27)16(9-22)11-26-20(2,3)4/h5-9,11-12H,10,22H2,1-4H3,(H,23,27). The predicted octanol–water partition coefficient (Wildman–Crippen LogP) is 3.43. The number of nitrogens with two attached hydrogens (primary N) is 1. The van der Waals surface area contributed by atoms with Gasteiger partial charge in [-0.2, -0.15) is 0 Å². The lowest BCUT2D eigenvalue weighted by Crippen LogP contribution is -2.26. The largest absolute Gasteiger partial charge is 0.404 e. The summed E-state index contributed by atoms with van der Waals surface area (Å²) in [5, 5.41) is 3.27. The van der Waals surface area contributed by atoms with Crippen molar-refractivity contribution in [3.8, 4) is 11.3 Å². The number of benzene rings is 1. The van der Waals surface area contributed by atoms with Crippen LogP contribution in [0.5, 0.6) is 0 Å². The number of rotatable bonds is 5. The van der Waals surface area contributed by atoms with Crippen molar-refractivity contribution in [3.05, 3.63) is 58.6 Å². The van der Waals surface area contributed by atoms with Crippen LogP contribution in [-0.2, 0) is 11.3 Å². The van der Waals surface area contributed by atoms with Crippen LogP contribution < -0.4 is 11.1 Å². The van der Waals surface area contributed by atoms with Crippen LogP contribution >= 0.6 is 11.6 Å². The van der Waals surface area contributed by atoms with Crippen molar-refractivity contribution in [1.82, 2.24) is 15.3 Å². The first-order valence-corrected chi connectivity index (χ1v) is 8.90. The summed E-state index contributed by atoms with van der Waals surface area (Å²) < 4.78 is 0. The van der Waals surface area contributed by atoms with Gasteiger partial charge < -0.3 is 11.1 Å². The maximum atomic E-state index is 12.3. The molecule has 0 fully saturated rings. The highest BCUT2D eigenvalue weighted by molar-refractivity contribution is 6.29. The fourth-order valence-corrected chi connectivity index (χ4v) is 2.41. The number of aliphatic imine (C=N–C) groups is 1. The molecule has 0 saturated heterocycles. The fourth-order valence-electron chi connectivity index (χ4n) is 2.26. The minimum Gasteiger partial charge on any atom is -0.404 e. The molecule has 0 unspecified atom stereocenters. The van der Waals surface area contributed by atoms with Crippen molar-refractivity contribution in [2.45, 2.75) is 39.8 Å². The highest BCUT2D eigenvalue weighted by atomic mass is 35.5. The molecule has 2 rings (SSSR count). The van der Waals surface area contributed by atoms with E-state index in [4.69, 9.17) is 17.3 Å². The Balaban J connectivity index is 2.08. The number of amides is 1. The third-order valence-electron chi connectivity index (χ3n) is 3.74. The van der Waals surface area contributed by atoms with Crippen molar-refractivity contribution in [2.75, 3.05) is 0 Å². The Morgan fingerprint density at radius 3 is 2.63 bits per heavy atom. The minimum atomic E-state index is -0.273. The molecular formula is C20H24ClN5O. The van der Waals surface area contributed by atoms with E-state index in [2.05, 4.69) is 20.3 Å². The maximum absolute atomic E-state index is 12.3. The first-order chi connectivity index (χ1) is 12.7. The number of aryl methyl sites for hydroxylation is 1. The van der Waals surface area contributed by atoms with Crippen LogP contribution in [0.2, 0.25) is 5.15 Å². The lowest BCUT2D eigenvalue weighted by Gasteiger charge is -2.12. The highest BCUT2D eigenvalue weighted by Gasteiger charge is 2.11. The van der Waals surface area contributed by atoms with Gasteiger partial charge in [-0.05, 0) is 44.9 Å². The van der Waals surface area contributed by atoms with E-state index in [0.29, 0.717) is 17.3 Å². The molecule has 0 bridgehead atoms.